The first-order valence-electron chi connectivity index (χ1n) is 13.2. The zero-order valence-electron chi connectivity index (χ0n) is 22.5. The molecule has 2 aromatic heterocycles. The molecule has 0 spiro atoms. The highest BCUT2D eigenvalue weighted by molar-refractivity contribution is 5.93. The molecule has 9 nitrogen and oxygen atoms in total. The van der Waals surface area contributed by atoms with E-state index in [0.29, 0.717) is 25.5 Å². The van der Waals surface area contributed by atoms with Gasteiger partial charge >= 0.3 is 0 Å². The topological polar surface area (TPSA) is 91.2 Å². The van der Waals surface area contributed by atoms with Crippen molar-refractivity contribution in [2.24, 2.45) is 0 Å². The molecule has 1 saturated heterocycles. The van der Waals surface area contributed by atoms with Crippen molar-refractivity contribution in [2.75, 3.05) is 58.3 Å². The molecule has 0 aliphatic carbocycles. The molecule has 208 valence electrons. The molecule has 2 aliphatic heterocycles. The van der Waals surface area contributed by atoms with Crippen LogP contribution >= 0.6 is 12.4 Å². The van der Waals surface area contributed by atoms with Crippen LogP contribution in [-0.2, 0) is 27.4 Å². The lowest BCUT2D eigenvalue weighted by molar-refractivity contribution is -0.125. The van der Waals surface area contributed by atoms with Crippen molar-refractivity contribution in [3.05, 3.63) is 65.1 Å². The summed E-state index contributed by atoms with van der Waals surface area (Å²) in [6, 6.07) is 9.88. The minimum absolute atomic E-state index is 0. The number of fused-ring (bicyclic) bond motifs is 2. The van der Waals surface area contributed by atoms with Crippen LogP contribution in [0.5, 0.6) is 0 Å². The summed E-state index contributed by atoms with van der Waals surface area (Å²) < 4.78 is 11.4. The highest BCUT2D eigenvalue weighted by Gasteiger charge is 2.21. The summed E-state index contributed by atoms with van der Waals surface area (Å²) in [6.07, 6.45) is 5.99. The van der Waals surface area contributed by atoms with E-state index in [0.717, 1.165) is 79.2 Å². The van der Waals surface area contributed by atoms with E-state index in [-0.39, 0.29) is 24.2 Å². The van der Waals surface area contributed by atoms with Gasteiger partial charge in [-0.25, -0.2) is 4.98 Å². The summed E-state index contributed by atoms with van der Waals surface area (Å²) in [4.78, 5) is 35.9. The molecule has 3 aromatic rings. The van der Waals surface area contributed by atoms with E-state index in [9.17, 15) is 9.59 Å². The van der Waals surface area contributed by atoms with Crippen molar-refractivity contribution in [1.29, 1.82) is 0 Å². The molecule has 39 heavy (non-hydrogen) atoms. The predicted octanol–water partition coefficient (Wildman–Crippen LogP) is 3.71. The molecule has 2 aliphatic rings. The van der Waals surface area contributed by atoms with Crippen LogP contribution in [0.25, 0.3) is 17.0 Å². The van der Waals surface area contributed by atoms with Crippen LogP contribution in [0.15, 0.2) is 47.0 Å². The van der Waals surface area contributed by atoms with Crippen molar-refractivity contribution >= 4 is 47.1 Å². The van der Waals surface area contributed by atoms with Crippen molar-refractivity contribution in [3.8, 4) is 0 Å². The van der Waals surface area contributed by atoms with Gasteiger partial charge in [0.05, 0.1) is 26.3 Å². The molecule has 4 heterocycles. The van der Waals surface area contributed by atoms with Gasteiger partial charge in [0.25, 0.3) is 0 Å². The zero-order valence-corrected chi connectivity index (χ0v) is 23.3. The number of aryl methyl sites for hydroxylation is 1. The van der Waals surface area contributed by atoms with E-state index < -0.39 is 0 Å². The summed E-state index contributed by atoms with van der Waals surface area (Å²) in [5, 5.41) is 3.98. The number of ether oxygens (including phenoxy) is 1. The number of carbonyl (C=O) groups excluding carboxylic acids is 2. The normalized spacial score (nSPS) is 16.5. The quantitative estimate of drug-likeness (QED) is 0.425. The summed E-state index contributed by atoms with van der Waals surface area (Å²) >= 11 is 0. The van der Waals surface area contributed by atoms with Crippen LogP contribution in [0.2, 0.25) is 0 Å². The highest BCUT2D eigenvalue weighted by Crippen LogP contribution is 2.26. The summed E-state index contributed by atoms with van der Waals surface area (Å²) in [6.45, 7) is 8.72. The number of amides is 2. The number of para-hydroxylation sites is 1. The molecular weight excluding hydrogens is 518 g/mol. The van der Waals surface area contributed by atoms with E-state index in [1.807, 2.05) is 37.3 Å². The summed E-state index contributed by atoms with van der Waals surface area (Å²) in [7, 11) is 1.76. The number of hydrogen-bond donors (Lipinski definition) is 1. The number of nitrogens with zero attached hydrogens (tertiary/aromatic N) is 4. The van der Waals surface area contributed by atoms with Gasteiger partial charge in [-0.15, -0.1) is 12.4 Å². The number of halogens is 1. The fourth-order valence-electron chi connectivity index (χ4n) is 4.99. The second-order valence-corrected chi connectivity index (χ2v) is 10.0. The Morgan fingerprint density at radius 2 is 1.92 bits per heavy atom. The third-order valence-electron chi connectivity index (χ3n) is 7.18. The number of morpholine rings is 1. The molecule has 10 heteroatoms. The lowest BCUT2D eigenvalue weighted by atomic mass is 10.1. The third-order valence-corrected chi connectivity index (χ3v) is 7.18. The van der Waals surface area contributed by atoms with Crippen LogP contribution in [0.1, 0.15) is 28.9 Å². The molecule has 1 fully saturated rings. The van der Waals surface area contributed by atoms with Crippen LogP contribution in [0, 0.1) is 6.92 Å². The fraction of sp³-hybridized carbons (Fsp3) is 0.414. The first kappa shape index (κ1) is 28.8. The lowest BCUT2D eigenvalue weighted by Gasteiger charge is -2.27. The number of nitrogens with one attached hydrogen (secondary N) is 1. The van der Waals surface area contributed by atoms with Crippen LogP contribution < -0.4 is 5.32 Å². The number of hydrogen-bond acceptors (Lipinski definition) is 7. The Hall–Kier alpha value is -3.24. The molecule has 1 aromatic carbocycles. The predicted molar refractivity (Wildman–Crippen MR) is 154 cm³/mol. The summed E-state index contributed by atoms with van der Waals surface area (Å²) in [5.74, 6) is 1.19. The van der Waals surface area contributed by atoms with E-state index in [4.69, 9.17) is 9.15 Å². The first-order valence-corrected chi connectivity index (χ1v) is 13.2. The molecule has 0 atom stereocenters. The van der Waals surface area contributed by atoms with Gasteiger partial charge in [-0.3, -0.25) is 19.4 Å². The largest absolute Gasteiger partial charge is 0.459 e. The van der Waals surface area contributed by atoms with Gasteiger partial charge in [-0.1, -0.05) is 18.2 Å². The Morgan fingerprint density at radius 1 is 1.15 bits per heavy atom. The maximum Gasteiger partial charge on any atom is 0.246 e. The van der Waals surface area contributed by atoms with Crippen LogP contribution in [0.3, 0.4) is 0 Å². The van der Waals surface area contributed by atoms with Gasteiger partial charge in [0.15, 0.2) is 0 Å². The average molecular weight is 554 g/mol. The minimum Gasteiger partial charge on any atom is -0.459 e. The third kappa shape index (κ3) is 7.24. The van der Waals surface area contributed by atoms with Crippen LogP contribution in [-0.4, -0.2) is 84.5 Å². The SMILES string of the molecule is Cc1c(CN(C)C(=O)C=Cc2cnc3c(c2)CN(CCCN2CCOCC2)CC(=O)N3)oc2ccccc12.Cl. The van der Waals surface area contributed by atoms with Crippen molar-refractivity contribution in [1.82, 2.24) is 19.7 Å². The number of likely N-dealkylation sites (N-methyl/N-ethyl adjacent to an activating group) is 1. The zero-order chi connectivity index (χ0) is 26.5. The molecule has 0 unspecified atom stereocenters. The molecule has 0 saturated carbocycles. The number of rotatable bonds is 8. The Bertz CT molecular complexity index is 1330. The van der Waals surface area contributed by atoms with Crippen molar-refractivity contribution in [3.63, 3.8) is 0 Å². The van der Waals surface area contributed by atoms with Gasteiger partial charge in [0.2, 0.25) is 11.8 Å². The smallest absolute Gasteiger partial charge is 0.246 e. The molecule has 1 N–H and O–H groups in total. The Balaban J connectivity index is 0.00000353. The Labute approximate surface area is 235 Å². The Morgan fingerprint density at radius 3 is 2.72 bits per heavy atom. The monoisotopic (exact) mass is 553 g/mol. The maximum atomic E-state index is 12.8. The lowest BCUT2D eigenvalue weighted by Crippen LogP contribution is -2.38. The molecule has 2 amide bonds. The number of carbonyl (C=O) groups is 2. The van der Waals surface area contributed by atoms with Crippen molar-refractivity contribution in [2.45, 2.75) is 26.4 Å². The molecule has 0 radical (unpaired) electrons. The first-order chi connectivity index (χ1) is 18.5. The van der Waals surface area contributed by atoms with Gasteiger partial charge in [0, 0.05) is 62.0 Å². The molecular formula is C29H36ClN5O4. The maximum absolute atomic E-state index is 12.8. The number of furan rings is 1. The van der Waals surface area contributed by atoms with Gasteiger partial charge < -0.3 is 19.4 Å². The highest BCUT2D eigenvalue weighted by atomic mass is 35.5. The van der Waals surface area contributed by atoms with E-state index in [1.54, 1.807) is 30.3 Å². The second kappa shape index (κ2) is 13.2. The minimum atomic E-state index is -0.127. The van der Waals surface area contributed by atoms with Gasteiger partial charge in [0.1, 0.15) is 17.2 Å². The van der Waals surface area contributed by atoms with Gasteiger partial charge in [-0.2, -0.15) is 0 Å². The van der Waals surface area contributed by atoms with E-state index >= 15 is 0 Å². The Kier molecular flexibility index (Phi) is 9.74. The van der Waals surface area contributed by atoms with Crippen molar-refractivity contribution < 1.29 is 18.7 Å². The number of pyridine rings is 1. The molecule has 0 bridgehead atoms. The van der Waals surface area contributed by atoms with E-state index in [1.165, 1.54) is 0 Å². The number of aromatic nitrogens is 1. The molecule has 5 rings (SSSR count). The standard InChI is InChI=1S/C29H35N5O4.ClH/c1-21-24-6-3-4-7-25(24)38-26(21)19-32(2)28(36)9-8-22-16-23-18-34(20-27(35)31-29(23)30-17-22)11-5-10-33-12-14-37-15-13-33;/h3-4,6-9,16-17H,5,10-15,18-20H2,1-2H3,(H,30,31,35);1H. The number of anilines is 1. The second-order valence-electron chi connectivity index (χ2n) is 10.0. The average Bonchev–Trinajstić information content (AvgIpc) is 3.13. The summed E-state index contributed by atoms with van der Waals surface area (Å²) in [5.41, 5.74) is 3.64. The number of benzene rings is 1. The van der Waals surface area contributed by atoms with E-state index in [2.05, 4.69) is 20.1 Å². The van der Waals surface area contributed by atoms with Crippen LogP contribution in [0.4, 0.5) is 5.82 Å². The van der Waals surface area contributed by atoms with Gasteiger partial charge in [-0.05, 0) is 43.7 Å². The fourth-order valence-corrected chi connectivity index (χ4v) is 4.99.